The van der Waals surface area contributed by atoms with Gasteiger partial charge >= 0.3 is 0 Å². The average molecular weight is 481 g/mol. The van der Waals surface area contributed by atoms with Gasteiger partial charge in [0.25, 0.3) is 6.43 Å². The highest BCUT2D eigenvalue weighted by molar-refractivity contribution is 7.90. The number of hydrogen-bond donors (Lipinski definition) is 0. The zero-order chi connectivity index (χ0) is 24.7. The highest BCUT2D eigenvalue weighted by Crippen LogP contribution is 2.41. The van der Waals surface area contributed by atoms with E-state index in [1.165, 1.54) is 16.8 Å². The molecule has 0 atom stereocenters. The van der Waals surface area contributed by atoms with Gasteiger partial charge in [-0.25, -0.2) is 21.9 Å². The van der Waals surface area contributed by atoms with Crippen molar-refractivity contribution in [3.8, 4) is 28.1 Å². The summed E-state index contributed by atoms with van der Waals surface area (Å²) >= 11 is 0. The van der Waals surface area contributed by atoms with Gasteiger partial charge in [0.1, 0.15) is 5.69 Å². The van der Waals surface area contributed by atoms with Gasteiger partial charge in [0.15, 0.2) is 9.84 Å². The number of halogens is 2. The monoisotopic (exact) mass is 480 g/mol. The summed E-state index contributed by atoms with van der Waals surface area (Å²) in [5.74, 6) is 0. The van der Waals surface area contributed by atoms with E-state index in [0.717, 1.165) is 11.8 Å². The van der Waals surface area contributed by atoms with Crippen molar-refractivity contribution < 1.29 is 17.2 Å². The van der Waals surface area contributed by atoms with Crippen LogP contribution in [0.5, 0.6) is 0 Å². The Morgan fingerprint density at radius 1 is 0.824 bits per heavy atom. The molecule has 4 aromatic rings. The third-order valence-electron chi connectivity index (χ3n) is 5.72. The molecule has 0 aliphatic heterocycles. The molecule has 7 heteroatoms. The Bertz CT molecular complexity index is 1400. The van der Waals surface area contributed by atoms with Gasteiger partial charge in [0.2, 0.25) is 0 Å². The Kier molecular flexibility index (Phi) is 6.16. The van der Waals surface area contributed by atoms with E-state index >= 15 is 0 Å². The zero-order valence-corrected chi connectivity index (χ0v) is 20.3. The van der Waals surface area contributed by atoms with Crippen LogP contribution in [-0.2, 0) is 15.3 Å². The molecule has 3 aromatic carbocycles. The summed E-state index contributed by atoms with van der Waals surface area (Å²) in [6, 6.07) is 22.9. The highest BCUT2D eigenvalue weighted by Gasteiger charge is 2.27. The van der Waals surface area contributed by atoms with Crippen LogP contribution in [0.4, 0.5) is 8.78 Å². The molecule has 0 aliphatic rings. The van der Waals surface area contributed by atoms with Gasteiger partial charge in [-0.3, -0.25) is 0 Å². The second kappa shape index (κ2) is 8.80. The van der Waals surface area contributed by atoms with Crippen molar-refractivity contribution in [3.63, 3.8) is 0 Å². The quantitative estimate of drug-likeness (QED) is 0.314. The van der Waals surface area contributed by atoms with Gasteiger partial charge in [-0.05, 0) is 40.8 Å². The van der Waals surface area contributed by atoms with Crippen molar-refractivity contribution in [3.05, 3.63) is 90.1 Å². The van der Waals surface area contributed by atoms with Crippen LogP contribution in [0.2, 0.25) is 0 Å². The molecule has 0 amide bonds. The molecule has 0 radical (unpaired) electrons. The lowest BCUT2D eigenvalue weighted by Crippen LogP contribution is -2.10. The molecule has 0 saturated carbocycles. The minimum absolute atomic E-state index is 0.0808. The van der Waals surface area contributed by atoms with Crippen molar-refractivity contribution in [1.82, 2.24) is 9.78 Å². The van der Waals surface area contributed by atoms with E-state index in [-0.39, 0.29) is 16.0 Å². The first-order chi connectivity index (χ1) is 16.0. The molecule has 0 spiro atoms. The summed E-state index contributed by atoms with van der Waals surface area (Å²) < 4.78 is 53.9. The number of alkyl halides is 2. The standard InChI is InChI=1S/C27H26F2N2O2S/c1-27(2,3)20-14-10-18(11-15-20)23-24(26(28)29)30-31(21-8-6-5-7-9-21)25(23)19-12-16-22(17-13-19)34(4,32)33/h5-17,26H,1-4H3. The minimum atomic E-state index is -3.40. The molecular weight excluding hydrogens is 454 g/mol. The molecule has 1 heterocycles. The lowest BCUT2D eigenvalue weighted by Gasteiger charge is -2.19. The third kappa shape index (κ3) is 4.66. The van der Waals surface area contributed by atoms with Crippen LogP contribution >= 0.6 is 0 Å². The van der Waals surface area contributed by atoms with Gasteiger partial charge in [-0.15, -0.1) is 0 Å². The summed E-state index contributed by atoms with van der Waals surface area (Å²) in [6.07, 6.45) is -1.66. The first-order valence-corrected chi connectivity index (χ1v) is 12.7. The van der Waals surface area contributed by atoms with Crippen molar-refractivity contribution in [2.24, 2.45) is 0 Å². The van der Waals surface area contributed by atoms with Crippen LogP contribution in [0.25, 0.3) is 28.1 Å². The Hall–Kier alpha value is -3.32. The smallest absolute Gasteiger partial charge is 0.232 e. The zero-order valence-electron chi connectivity index (χ0n) is 19.5. The van der Waals surface area contributed by atoms with Crippen LogP contribution in [0.15, 0.2) is 83.8 Å². The van der Waals surface area contributed by atoms with E-state index in [4.69, 9.17) is 0 Å². The molecule has 0 aliphatic carbocycles. The summed E-state index contributed by atoms with van der Waals surface area (Å²) in [6.45, 7) is 6.28. The maximum atomic E-state index is 14.3. The summed E-state index contributed by atoms with van der Waals surface area (Å²) in [7, 11) is -3.40. The molecule has 0 N–H and O–H groups in total. The van der Waals surface area contributed by atoms with E-state index in [9.17, 15) is 17.2 Å². The Morgan fingerprint density at radius 2 is 1.38 bits per heavy atom. The van der Waals surface area contributed by atoms with Crippen LogP contribution in [0.3, 0.4) is 0 Å². The number of rotatable bonds is 5. The van der Waals surface area contributed by atoms with Crippen molar-refractivity contribution >= 4 is 9.84 Å². The fourth-order valence-electron chi connectivity index (χ4n) is 3.89. The fourth-order valence-corrected chi connectivity index (χ4v) is 4.52. The molecular formula is C27H26F2N2O2S. The third-order valence-corrected chi connectivity index (χ3v) is 6.84. The number of para-hydroxylation sites is 1. The minimum Gasteiger partial charge on any atom is -0.232 e. The highest BCUT2D eigenvalue weighted by atomic mass is 32.2. The number of nitrogens with zero attached hydrogens (tertiary/aromatic N) is 2. The summed E-state index contributed by atoms with van der Waals surface area (Å²) in [5.41, 5.74) is 3.32. The lowest BCUT2D eigenvalue weighted by molar-refractivity contribution is 0.146. The number of hydrogen-bond acceptors (Lipinski definition) is 3. The molecule has 0 saturated heterocycles. The van der Waals surface area contributed by atoms with Crippen molar-refractivity contribution in [1.29, 1.82) is 0 Å². The van der Waals surface area contributed by atoms with Crippen molar-refractivity contribution in [2.45, 2.75) is 37.5 Å². The largest absolute Gasteiger partial charge is 0.282 e. The van der Waals surface area contributed by atoms with E-state index in [1.807, 2.05) is 42.5 Å². The fraction of sp³-hybridized carbons (Fsp3) is 0.222. The van der Waals surface area contributed by atoms with Crippen molar-refractivity contribution in [2.75, 3.05) is 6.26 Å². The molecule has 0 fully saturated rings. The average Bonchev–Trinajstić information content (AvgIpc) is 3.20. The topological polar surface area (TPSA) is 52.0 Å². The molecule has 4 rings (SSSR count). The van der Waals surface area contributed by atoms with Crippen LogP contribution in [0.1, 0.15) is 38.5 Å². The lowest BCUT2D eigenvalue weighted by atomic mass is 9.86. The normalized spacial score (nSPS) is 12.3. The maximum absolute atomic E-state index is 14.3. The van der Waals surface area contributed by atoms with E-state index in [1.54, 1.807) is 24.3 Å². The van der Waals surface area contributed by atoms with Gasteiger partial charge in [-0.1, -0.05) is 75.4 Å². The predicted octanol–water partition coefficient (Wildman–Crippen LogP) is 6.84. The first kappa shape index (κ1) is 23.8. The van der Waals surface area contributed by atoms with Crippen LogP contribution in [0, 0.1) is 0 Å². The number of aromatic nitrogens is 2. The first-order valence-electron chi connectivity index (χ1n) is 10.8. The van der Waals surface area contributed by atoms with E-state index < -0.39 is 16.3 Å². The van der Waals surface area contributed by atoms with Gasteiger partial charge in [-0.2, -0.15) is 5.10 Å². The van der Waals surface area contributed by atoms with E-state index in [2.05, 4.69) is 25.9 Å². The van der Waals surface area contributed by atoms with Crippen LogP contribution < -0.4 is 0 Å². The van der Waals surface area contributed by atoms with Gasteiger partial charge in [0.05, 0.1) is 16.3 Å². The Balaban J connectivity index is 2.01. The molecule has 0 bridgehead atoms. The molecule has 1 aromatic heterocycles. The molecule has 176 valence electrons. The van der Waals surface area contributed by atoms with E-state index in [0.29, 0.717) is 28.1 Å². The number of sulfone groups is 1. The summed E-state index contributed by atoms with van der Waals surface area (Å²) in [4.78, 5) is 0.159. The van der Waals surface area contributed by atoms with Crippen LogP contribution in [-0.4, -0.2) is 24.5 Å². The Labute approximate surface area is 198 Å². The number of benzene rings is 3. The maximum Gasteiger partial charge on any atom is 0.282 e. The summed E-state index contributed by atoms with van der Waals surface area (Å²) in [5, 5.41) is 4.32. The molecule has 0 unspecified atom stereocenters. The molecule has 34 heavy (non-hydrogen) atoms. The second-order valence-corrected chi connectivity index (χ2v) is 11.3. The SMILES string of the molecule is CC(C)(C)c1ccc(-c2c(C(F)F)nn(-c3ccccc3)c2-c2ccc(S(C)(=O)=O)cc2)cc1. The van der Waals surface area contributed by atoms with Gasteiger partial charge in [0, 0.05) is 17.4 Å². The Morgan fingerprint density at radius 3 is 1.88 bits per heavy atom. The van der Waals surface area contributed by atoms with Gasteiger partial charge < -0.3 is 0 Å². The molecule has 4 nitrogen and oxygen atoms in total. The predicted molar refractivity (Wildman–Crippen MR) is 131 cm³/mol. The second-order valence-electron chi connectivity index (χ2n) is 9.28.